The van der Waals surface area contributed by atoms with E-state index in [1.165, 1.54) is 6.20 Å². The Morgan fingerprint density at radius 1 is 1.09 bits per heavy atom. The highest BCUT2D eigenvalue weighted by Crippen LogP contribution is 2.40. The zero-order chi connectivity index (χ0) is 24.3. The molecule has 2 amide bonds. The van der Waals surface area contributed by atoms with Gasteiger partial charge in [-0.1, -0.05) is 18.2 Å². The molecule has 0 atom stereocenters. The predicted octanol–water partition coefficient (Wildman–Crippen LogP) is 2.72. The zero-order valence-electron chi connectivity index (χ0n) is 19.7. The highest BCUT2D eigenvalue weighted by Gasteiger charge is 2.42. The summed E-state index contributed by atoms with van der Waals surface area (Å²) in [4.78, 5) is 43.5. The van der Waals surface area contributed by atoms with Gasteiger partial charge in [0.2, 0.25) is 11.7 Å². The number of aromatic nitrogens is 2. The number of rotatable bonds is 7. The van der Waals surface area contributed by atoms with Gasteiger partial charge in [0.15, 0.2) is 6.61 Å². The summed E-state index contributed by atoms with van der Waals surface area (Å²) in [5.74, 6) is 1.11. The summed E-state index contributed by atoms with van der Waals surface area (Å²) in [5.41, 5.74) is 1.07. The minimum absolute atomic E-state index is 0.00571. The number of carbonyl (C=O) groups is 2. The number of nitro groups is 1. The second kappa shape index (κ2) is 9.82. The summed E-state index contributed by atoms with van der Waals surface area (Å²) in [7, 11) is 0. The third-order valence-corrected chi connectivity index (χ3v) is 7.13. The van der Waals surface area contributed by atoms with Crippen molar-refractivity contribution in [1.29, 1.82) is 0 Å². The van der Waals surface area contributed by atoms with E-state index in [1.54, 1.807) is 11.5 Å². The molecule has 2 saturated heterocycles. The number of carbonyl (C=O) groups excluding carboxylic acids is 2. The van der Waals surface area contributed by atoms with Crippen molar-refractivity contribution in [2.75, 3.05) is 32.8 Å². The molecule has 0 bridgehead atoms. The van der Waals surface area contributed by atoms with Crippen LogP contribution in [0.3, 0.4) is 0 Å². The number of nitrogens with zero attached hydrogens (tertiary/aromatic N) is 5. The Morgan fingerprint density at radius 2 is 1.76 bits per heavy atom. The average Bonchev–Trinajstić information content (AvgIpc) is 3.41. The Hall–Kier alpha value is -3.43. The van der Waals surface area contributed by atoms with E-state index in [2.05, 4.69) is 4.98 Å². The fourth-order valence-electron chi connectivity index (χ4n) is 4.92. The van der Waals surface area contributed by atoms with E-state index in [-0.39, 0.29) is 36.1 Å². The first-order valence-electron chi connectivity index (χ1n) is 11.7. The molecule has 0 radical (unpaired) electrons. The standard InChI is InChI=1S/C24H31N5O5/c1-18-5-3-4-6-20(18)34-16-23(31)26-12-8-24(9-13-26)10-14-28(17-24)22(30)7-11-27-15-21(29(32)33)25-19(27)2/h3-6,15H,7-14,16-17H2,1-2H3. The molecule has 0 unspecified atom stereocenters. The minimum atomic E-state index is -0.526. The van der Waals surface area contributed by atoms with Gasteiger partial charge in [-0.3, -0.25) is 9.59 Å². The largest absolute Gasteiger partial charge is 0.484 e. The molecule has 2 aliphatic rings. The van der Waals surface area contributed by atoms with E-state index < -0.39 is 4.92 Å². The summed E-state index contributed by atoms with van der Waals surface area (Å²) >= 11 is 0. The third kappa shape index (κ3) is 5.21. The van der Waals surface area contributed by atoms with Crippen LogP contribution in [0, 0.1) is 29.4 Å². The molecule has 10 heteroatoms. The maximum atomic E-state index is 12.8. The zero-order valence-corrected chi connectivity index (χ0v) is 19.7. The molecule has 1 aromatic heterocycles. The summed E-state index contributed by atoms with van der Waals surface area (Å²) in [5, 5.41) is 10.9. The van der Waals surface area contributed by atoms with Crippen molar-refractivity contribution in [1.82, 2.24) is 19.4 Å². The number of benzene rings is 1. The van der Waals surface area contributed by atoms with Gasteiger partial charge in [0.05, 0.1) is 0 Å². The molecular formula is C24H31N5O5. The quantitative estimate of drug-likeness (QED) is 0.455. The Labute approximate surface area is 198 Å². The lowest BCUT2D eigenvalue weighted by molar-refractivity contribution is -0.389. The van der Waals surface area contributed by atoms with Crippen molar-refractivity contribution in [2.45, 2.75) is 46.1 Å². The number of imidazole rings is 1. The predicted molar refractivity (Wildman–Crippen MR) is 124 cm³/mol. The monoisotopic (exact) mass is 469 g/mol. The van der Waals surface area contributed by atoms with Crippen LogP contribution in [0.4, 0.5) is 5.82 Å². The molecule has 3 heterocycles. The van der Waals surface area contributed by atoms with Gasteiger partial charge in [-0.15, -0.1) is 0 Å². The fraction of sp³-hybridized carbons (Fsp3) is 0.542. The number of amides is 2. The van der Waals surface area contributed by atoms with Crippen LogP contribution >= 0.6 is 0 Å². The number of hydrogen-bond acceptors (Lipinski definition) is 6. The molecule has 0 aliphatic carbocycles. The number of ether oxygens (including phenoxy) is 1. The van der Waals surface area contributed by atoms with Gasteiger partial charge in [0.25, 0.3) is 5.91 Å². The highest BCUT2D eigenvalue weighted by atomic mass is 16.6. The smallest absolute Gasteiger partial charge is 0.381 e. The van der Waals surface area contributed by atoms with Gasteiger partial charge in [-0.2, -0.15) is 0 Å². The third-order valence-electron chi connectivity index (χ3n) is 7.13. The van der Waals surface area contributed by atoms with Crippen molar-refractivity contribution in [3.63, 3.8) is 0 Å². The maximum Gasteiger partial charge on any atom is 0.381 e. The van der Waals surface area contributed by atoms with Crippen molar-refractivity contribution in [3.8, 4) is 5.75 Å². The van der Waals surface area contributed by atoms with E-state index in [0.717, 1.165) is 30.6 Å². The first kappa shape index (κ1) is 23.7. The van der Waals surface area contributed by atoms with Crippen LogP contribution in [0.15, 0.2) is 30.5 Å². The molecule has 1 aromatic carbocycles. The molecule has 2 aromatic rings. The van der Waals surface area contributed by atoms with Gasteiger partial charge in [0.1, 0.15) is 11.9 Å². The summed E-state index contributed by atoms with van der Waals surface area (Å²) in [6.45, 7) is 6.84. The van der Waals surface area contributed by atoms with Crippen molar-refractivity contribution in [3.05, 3.63) is 52.0 Å². The molecular weight excluding hydrogens is 438 g/mol. The van der Waals surface area contributed by atoms with E-state index in [1.807, 2.05) is 41.0 Å². The molecule has 182 valence electrons. The van der Waals surface area contributed by atoms with Crippen LogP contribution in [0.2, 0.25) is 0 Å². The molecule has 2 fully saturated rings. The van der Waals surface area contributed by atoms with Gasteiger partial charge in [0, 0.05) is 46.1 Å². The van der Waals surface area contributed by atoms with E-state index >= 15 is 0 Å². The van der Waals surface area contributed by atoms with E-state index in [4.69, 9.17) is 4.74 Å². The molecule has 4 rings (SSSR count). The lowest BCUT2D eigenvalue weighted by atomic mass is 9.78. The first-order chi connectivity index (χ1) is 16.3. The first-order valence-corrected chi connectivity index (χ1v) is 11.7. The second-order valence-electron chi connectivity index (χ2n) is 9.35. The van der Waals surface area contributed by atoms with E-state index in [9.17, 15) is 19.7 Å². The molecule has 2 aliphatic heterocycles. The lowest BCUT2D eigenvalue weighted by Gasteiger charge is -2.39. The highest BCUT2D eigenvalue weighted by molar-refractivity contribution is 5.78. The topological polar surface area (TPSA) is 111 Å². The number of para-hydroxylation sites is 1. The molecule has 0 saturated carbocycles. The van der Waals surface area contributed by atoms with Gasteiger partial charge >= 0.3 is 5.82 Å². The van der Waals surface area contributed by atoms with Crippen LogP contribution in [0.5, 0.6) is 5.75 Å². The van der Waals surface area contributed by atoms with Crippen LogP contribution in [-0.4, -0.2) is 68.9 Å². The summed E-state index contributed by atoms with van der Waals surface area (Å²) < 4.78 is 7.37. The summed E-state index contributed by atoms with van der Waals surface area (Å²) in [6.07, 6.45) is 4.35. The normalized spacial score (nSPS) is 17.2. The van der Waals surface area contributed by atoms with Crippen molar-refractivity contribution in [2.24, 2.45) is 5.41 Å². The van der Waals surface area contributed by atoms with Crippen molar-refractivity contribution >= 4 is 17.6 Å². The van der Waals surface area contributed by atoms with Gasteiger partial charge < -0.3 is 29.2 Å². The number of hydrogen-bond donors (Lipinski definition) is 0. The maximum absolute atomic E-state index is 12.8. The Balaban J connectivity index is 1.23. The summed E-state index contributed by atoms with van der Waals surface area (Å²) in [6, 6.07) is 7.66. The van der Waals surface area contributed by atoms with Crippen LogP contribution in [0.25, 0.3) is 0 Å². The van der Waals surface area contributed by atoms with Crippen molar-refractivity contribution < 1.29 is 19.2 Å². The van der Waals surface area contributed by atoms with Gasteiger partial charge in [-0.25, -0.2) is 0 Å². The van der Waals surface area contributed by atoms with Crippen LogP contribution in [-0.2, 0) is 16.1 Å². The average molecular weight is 470 g/mol. The SMILES string of the molecule is Cc1ccccc1OCC(=O)N1CCC2(CC1)CCN(C(=O)CCn1cc([N+](=O)[O-])nc1C)C2. The number of likely N-dealkylation sites (tertiary alicyclic amines) is 2. The minimum Gasteiger partial charge on any atom is -0.484 e. The van der Waals surface area contributed by atoms with Gasteiger partial charge in [-0.05, 0) is 53.1 Å². The number of aryl methyl sites for hydroxylation is 3. The Bertz CT molecular complexity index is 1070. The van der Waals surface area contributed by atoms with E-state index in [0.29, 0.717) is 38.5 Å². The molecule has 0 N–H and O–H groups in total. The molecule has 10 nitrogen and oxygen atoms in total. The molecule has 1 spiro atoms. The Kier molecular flexibility index (Phi) is 6.85. The second-order valence-corrected chi connectivity index (χ2v) is 9.35. The number of piperidine rings is 1. The Morgan fingerprint density at radius 3 is 2.41 bits per heavy atom. The molecule has 34 heavy (non-hydrogen) atoms. The fourth-order valence-corrected chi connectivity index (χ4v) is 4.92. The van der Waals surface area contributed by atoms with Crippen LogP contribution in [0.1, 0.15) is 37.1 Å². The van der Waals surface area contributed by atoms with Crippen LogP contribution < -0.4 is 4.74 Å². The lowest BCUT2D eigenvalue weighted by Crippen LogP contribution is -2.46.